The van der Waals surface area contributed by atoms with E-state index in [4.69, 9.17) is 4.42 Å². The molecule has 0 unspecified atom stereocenters. The molecule has 76 valence electrons. The molecule has 0 N–H and O–H groups in total. The summed E-state index contributed by atoms with van der Waals surface area (Å²) >= 11 is 0. The number of aryl methyl sites for hydroxylation is 2. The quantitative estimate of drug-likeness (QED) is 0.701. The van der Waals surface area contributed by atoms with Crippen LogP contribution in [-0.2, 0) is 0 Å². The van der Waals surface area contributed by atoms with Crippen molar-refractivity contribution in [2.24, 2.45) is 0 Å². The summed E-state index contributed by atoms with van der Waals surface area (Å²) in [5.41, 5.74) is 2.43. The number of carbonyl (C=O) groups excluding carboxylic acids is 1. The predicted molar refractivity (Wildman–Crippen MR) is 56.8 cm³/mol. The molecule has 0 atom stereocenters. The van der Waals surface area contributed by atoms with Crippen molar-refractivity contribution in [3.8, 4) is 11.3 Å². The molecule has 0 saturated carbocycles. The van der Waals surface area contributed by atoms with E-state index in [0.717, 1.165) is 17.5 Å². The second kappa shape index (κ2) is 3.69. The Morgan fingerprint density at radius 2 is 2.13 bits per heavy atom. The molecule has 0 spiro atoms. The second-order valence-electron chi connectivity index (χ2n) is 3.43. The van der Waals surface area contributed by atoms with E-state index in [1.54, 1.807) is 19.2 Å². The van der Waals surface area contributed by atoms with Crippen LogP contribution in [0.4, 0.5) is 0 Å². The standard InChI is InChI=1S/C12H11NO2/c1-8-3-4-10(6-13-8)12-5-11(7-14)9(2)15-12/h3-7H,1-2H3. The average Bonchev–Trinajstić information content (AvgIpc) is 2.61. The summed E-state index contributed by atoms with van der Waals surface area (Å²) in [7, 11) is 0. The molecule has 3 nitrogen and oxygen atoms in total. The summed E-state index contributed by atoms with van der Waals surface area (Å²) < 4.78 is 5.46. The molecular weight excluding hydrogens is 190 g/mol. The molecule has 0 aromatic carbocycles. The van der Waals surface area contributed by atoms with Crippen molar-refractivity contribution in [3.05, 3.63) is 41.4 Å². The summed E-state index contributed by atoms with van der Waals surface area (Å²) in [6.07, 6.45) is 2.53. The van der Waals surface area contributed by atoms with E-state index < -0.39 is 0 Å². The van der Waals surface area contributed by atoms with Crippen LogP contribution in [0.3, 0.4) is 0 Å². The second-order valence-corrected chi connectivity index (χ2v) is 3.43. The van der Waals surface area contributed by atoms with Gasteiger partial charge in [0.1, 0.15) is 11.5 Å². The molecule has 0 bridgehead atoms. The van der Waals surface area contributed by atoms with E-state index in [1.807, 2.05) is 19.1 Å². The topological polar surface area (TPSA) is 43.1 Å². The SMILES string of the molecule is Cc1ccc(-c2cc(C=O)c(C)o2)cn1. The van der Waals surface area contributed by atoms with E-state index in [2.05, 4.69) is 4.98 Å². The maximum Gasteiger partial charge on any atom is 0.153 e. The van der Waals surface area contributed by atoms with Crippen LogP contribution in [0.15, 0.2) is 28.8 Å². The third-order valence-corrected chi connectivity index (χ3v) is 2.28. The lowest BCUT2D eigenvalue weighted by atomic mass is 10.2. The van der Waals surface area contributed by atoms with E-state index in [9.17, 15) is 4.79 Å². The number of pyridine rings is 1. The zero-order valence-corrected chi connectivity index (χ0v) is 8.65. The number of hydrogen-bond donors (Lipinski definition) is 0. The molecule has 3 heteroatoms. The Kier molecular flexibility index (Phi) is 2.37. The molecule has 2 rings (SSSR count). The zero-order valence-electron chi connectivity index (χ0n) is 8.65. The largest absolute Gasteiger partial charge is 0.461 e. The molecule has 0 aliphatic rings. The van der Waals surface area contributed by atoms with Gasteiger partial charge in [-0.1, -0.05) is 0 Å². The van der Waals surface area contributed by atoms with Crippen LogP contribution in [0.1, 0.15) is 21.8 Å². The summed E-state index contributed by atoms with van der Waals surface area (Å²) in [6.45, 7) is 3.70. The van der Waals surface area contributed by atoms with E-state index in [0.29, 0.717) is 17.1 Å². The van der Waals surface area contributed by atoms with Crippen molar-refractivity contribution in [1.29, 1.82) is 0 Å². The fourth-order valence-corrected chi connectivity index (χ4v) is 1.37. The van der Waals surface area contributed by atoms with Crippen LogP contribution >= 0.6 is 0 Å². The zero-order chi connectivity index (χ0) is 10.8. The van der Waals surface area contributed by atoms with E-state index in [1.165, 1.54) is 0 Å². The Bertz CT molecular complexity index is 483. The third kappa shape index (κ3) is 1.81. The number of furan rings is 1. The summed E-state index contributed by atoms with van der Waals surface area (Å²) in [5, 5.41) is 0. The van der Waals surface area contributed by atoms with Gasteiger partial charge in [-0.05, 0) is 32.0 Å². The van der Waals surface area contributed by atoms with E-state index in [-0.39, 0.29) is 0 Å². The molecule has 0 fully saturated rings. The van der Waals surface area contributed by atoms with Crippen molar-refractivity contribution in [2.45, 2.75) is 13.8 Å². The first kappa shape index (κ1) is 9.65. The van der Waals surface area contributed by atoms with Gasteiger partial charge >= 0.3 is 0 Å². The summed E-state index contributed by atoms with van der Waals surface area (Å²) in [4.78, 5) is 14.8. The molecule has 0 aliphatic heterocycles. The van der Waals surface area contributed by atoms with Crippen molar-refractivity contribution in [1.82, 2.24) is 4.98 Å². The number of nitrogens with zero attached hydrogens (tertiary/aromatic N) is 1. The normalized spacial score (nSPS) is 10.3. The van der Waals surface area contributed by atoms with Crippen molar-refractivity contribution >= 4 is 6.29 Å². The van der Waals surface area contributed by atoms with Gasteiger partial charge in [0.25, 0.3) is 0 Å². The smallest absolute Gasteiger partial charge is 0.153 e. The lowest BCUT2D eigenvalue weighted by Crippen LogP contribution is -1.80. The first-order valence-corrected chi connectivity index (χ1v) is 4.69. The minimum Gasteiger partial charge on any atom is -0.461 e. The minimum atomic E-state index is 0.588. The number of hydrogen-bond acceptors (Lipinski definition) is 3. The van der Waals surface area contributed by atoms with Crippen LogP contribution in [0.5, 0.6) is 0 Å². The summed E-state index contributed by atoms with van der Waals surface area (Å²) in [6, 6.07) is 5.57. The van der Waals surface area contributed by atoms with Gasteiger partial charge in [-0.3, -0.25) is 9.78 Å². The predicted octanol–water partition coefficient (Wildman–Crippen LogP) is 2.77. The molecule has 2 aromatic rings. The number of aldehydes is 1. The lowest BCUT2D eigenvalue weighted by molar-refractivity contribution is 0.112. The number of carbonyl (C=O) groups is 1. The van der Waals surface area contributed by atoms with Gasteiger partial charge in [0.2, 0.25) is 0 Å². The van der Waals surface area contributed by atoms with Gasteiger partial charge in [-0.2, -0.15) is 0 Å². The van der Waals surface area contributed by atoms with Gasteiger partial charge in [-0.15, -0.1) is 0 Å². The Morgan fingerprint density at radius 3 is 2.67 bits per heavy atom. The molecule has 0 radical (unpaired) electrons. The van der Waals surface area contributed by atoms with Crippen LogP contribution < -0.4 is 0 Å². The molecule has 0 aliphatic carbocycles. The Balaban J connectivity index is 2.45. The van der Waals surface area contributed by atoms with Crippen LogP contribution in [0.25, 0.3) is 11.3 Å². The molecule has 0 saturated heterocycles. The van der Waals surface area contributed by atoms with Crippen LogP contribution in [-0.4, -0.2) is 11.3 Å². The molecule has 15 heavy (non-hydrogen) atoms. The Labute approximate surface area is 87.8 Å². The van der Waals surface area contributed by atoms with Gasteiger partial charge in [0.05, 0.1) is 5.56 Å². The highest BCUT2D eigenvalue weighted by atomic mass is 16.3. The fraction of sp³-hybridized carbons (Fsp3) is 0.167. The first-order chi connectivity index (χ1) is 7.20. The van der Waals surface area contributed by atoms with Crippen LogP contribution in [0.2, 0.25) is 0 Å². The third-order valence-electron chi connectivity index (χ3n) is 2.28. The highest BCUT2D eigenvalue weighted by molar-refractivity contribution is 5.79. The maximum atomic E-state index is 10.7. The summed E-state index contributed by atoms with van der Waals surface area (Å²) in [5.74, 6) is 1.32. The van der Waals surface area contributed by atoms with E-state index >= 15 is 0 Å². The van der Waals surface area contributed by atoms with Crippen molar-refractivity contribution in [2.75, 3.05) is 0 Å². The average molecular weight is 201 g/mol. The molecule has 2 heterocycles. The highest BCUT2D eigenvalue weighted by Crippen LogP contribution is 2.23. The number of aromatic nitrogens is 1. The monoisotopic (exact) mass is 201 g/mol. The maximum absolute atomic E-state index is 10.7. The minimum absolute atomic E-state index is 0.588. The molecule has 0 amide bonds. The Morgan fingerprint density at radius 1 is 1.33 bits per heavy atom. The van der Waals surface area contributed by atoms with Crippen molar-refractivity contribution < 1.29 is 9.21 Å². The molecular formula is C12H11NO2. The first-order valence-electron chi connectivity index (χ1n) is 4.69. The number of rotatable bonds is 2. The lowest BCUT2D eigenvalue weighted by Gasteiger charge is -1.96. The van der Waals surface area contributed by atoms with Crippen LogP contribution in [0, 0.1) is 13.8 Å². The Hall–Kier alpha value is -1.90. The highest BCUT2D eigenvalue weighted by Gasteiger charge is 2.08. The van der Waals surface area contributed by atoms with Gasteiger partial charge in [-0.25, -0.2) is 0 Å². The van der Waals surface area contributed by atoms with Gasteiger partial charge < -0.3 is 4.42 Å². The van der Waals surface area contributed by atoms with Crippen molar-refractivity contribution in [3.63, 3.8) is 0 Å². The fourth-order valence-electron chi connectivity index (χ4n) is 1.37. The van der Waals surface area contributed by atoms with Gasteiger partial charge in [0.15, 0.2) is 6.29 Å². The van der Waals surface area contributed by atoms with Gasteiger partial charge in [0, 0.05) is 17.5 Å². The molecule has 2 aromatic heterocycles.